The molecule has 1 atom stereocenters. The van der Waals surface area contributed by atoms with Crippen molar-refractivity contribution in [3.8, 4) is 0 Å². The molecule has 1 aliphatic carbocycles. The van der Waals surface area contributed by atoms with Crippen LogP contribution in [-0.4, -0.2) is 24.0 Å². The number of hydrogen-bond acceptors (Lipinski definition) is 1. The first kappa shape index (κ1) is 11.2. The molecule has 0 bridgehead atoms. The first-order valence-corrected chi connectivity index (χ1v) is 6.77. The lowest BCUT2D eigenvalue weighted by Gasteiger charge is -2.29. The fourth-order valence-corrected chi connectivity index (χ4v) is 3.22. The Morgan fingerprint density at radius 1 is 1.07 bits per heavy atom. The molecule has 0 aromatic heterocycles. The number of hydrogen-bond donors (Lipinski definition) is 0. The normalized spacial score (nSPS) is 30.3. The van der Waals surface area contributed by atoms with E-state index in [1.807, 2.05) is 0 Å². The van der Waals surface area contributed by atoms with Crippen molar-refractivity contribution in [2.24, 2.45) is 5.92 Å². The van der Waals surface area contributed by atoms with Crippen molar-refractivity contribution in [1.29, 1.82) is 0 Å². The Kier molecular flexibility index (Phi) is 4.25. The average Bonchev–Trinajstić information content (AvgIpc) is 2.68. The molecule has 2 aliphatic rings. The van der Waals surface area contributed by atoms with E-state index in [4.69, 9.17) is 0 Å². The quantitative estimate of drug-likeness (QED) is 0.639. The van der Waals surface area contributed by atoms with Crippen LogP contribution in [0.15, 0.2) is 12.2 Å². The second-order valence-corrected chi connectivity index (χ2v) is 5.23. The van der Waals surface area contributed by atoms with Gasteiger partial charge in [-0.3, -0.25) is 4.90 Å². The fraction of sp³-hybridized carbons (Fsp3) is 0.857. The monoisotopic (exact) mass is 207 g/mol. The maximum atomic E-state index is 2.72. The van der Waals surface area contributed by atoms with E-state index in [2.05, 4.69) is 24.0 Å². The molecule has 2 fully saturated rings. The Labute approximate surface area is 94.5 Å². The van der Waals surface area contributed by atoms with Crippen LogP contribution in [0, 0.1) is 5.92 Å². The van der Waals surface area contributed by atoms with Gasteiger partial charge < -0.3 is 0 Å². The van der Waals surface area contributed by atoms with Crippen LogP contribution in [-0.2, 0) is 0 Å². The minimum atomic E-state index is 0.761. The standard InChI is InChI=1S/C14H25N/c1-2-7-14-10-6-11-15(14)12-13-8-4-3-5-9-13/h2,7,13-14H,3-6,8-12H2,1H3/b7-2+. The van der Waals surface area contributed by atoms with E-state index < -0.39 is 0 Å². The van der Waals surface area contributed by atoms with Crippen LogP contribution in [0.4, 0.5) is 0 Å². The van der Waals surface area contributed by atoms with E-state index in [9.17, 15) is 0 Å². The number of allylic oxidation sites excluding steroid dienone is 1. The third-order valence-electron chi connectivity index (χ3n) is 4.05. The average molecular weight is 207 g/mol. The first-order valence-electron chi connectivity index (χ1n) is 6.77. The Hall–Kier alpha value is -0.300. The van der Waals surface area contributed by atoms with Crippen LogP contribution in [0.3, 0.4) is 0 Å². The molecule has 1 saturated carbocycles. The highest BCUT2D eigenvalue weighted by Gasteiger charge is 2.25. The Morgan fingerprint density at radius 3 is 2.60 bits per heavy atom. The van der Waals surface area contributed by atoms with Gasteiger partial charge in [-0.15, -0.1) is 0 Å². The van der Waals surface area contributed by atoms with Gasteiger partial charge in [0.2, 0.25) is 0 Å². The molecule has 2 rings (SSSR count). The van der Waals surface area contributed by atoms with Crippen LogP contribution in [0.1, 0.15) is 51.9 Å². The van der Waals surface area contributed by atoms with E-state index in [1.165, 1.54) is 58.0 Å². The van der Waals surface area contributed by atoms with Crippen LogP contribution < -0.4 is 0 Å². The van der Waals surface area contributed by atoms with Crippen LogP contribution in [0.5, 0.6) is 0 Å². The molecule has 1 saturated heterocycles. The predicted octanol–water partition coefficient (Wildman–Crippen LogP) is 3.61. The summed E-state index contributed by atoms with van der Waals surface area (Å²) in [4.78, 5) is 2.72. The maximum Gasteiger partial charge on any atom is 0.0278 e. The zero-order valence-electron chi connectivity index (χ0n) is 10.1. The van der Waals surface area contributed by atoms with Gasteiger partial charge in [0.1, 0.15) is 0 Å². The van der Waals surface area contributed by atoms with Gasteiger partial charge in [0.15, 0.2) is 0 Å². The summed E-state index contributed by atoms with van der Waals surface area (Å²) in [5.74, 6) is 1.00. The van der Waals surface area contributed by atoms with Crippen LogP contribution in [0.25, 0.3) is 0 Å². The zero-order chi connectivity index (χ0) is 10.5. The smallest absolute Gasteiger partial charge is 0.0278 e. The Bertz CT molecular complexity index is 203. The third-order valence-corrected chi connectivity index (χ3v) is 4.05. The molecule has 1 unspecified atom stereocenters. The van der Waals surface area contributed by atoms with Crippen molar-refractivity contribution in [2.75, 3.05) is 13.1 Å². The molecule has 86 valence electrons. The summed E-state index contributed by atoms with van der Waals surface area (Å²) in [6.45, 7) is 4.86. The SMILES string of the molecule is C/C=C/C1CCCN1CC1CCCCC1. The Balaban J connectivity index is 1.81. The van der Waals surface area contributed by atoms with Crippen LogP contribution >= 0.6 is 0 Å². The van der Waals surface area contributed by atoms with Crippen molar-refractivity contribution in [2.45, 2.75) is 57.9 Å². The molecule has 0 spiro atoms. The number of rotatable bonds is 3. The third kappa shape index (κ3) is 3.07. The van der Waals surface area contributed by atoms with Crippen molar-refractivity contribution in [3.63, 3.8) is 0 Å². The molecule has 1 nitrogen and oxygen atoms in total. The minimum Gasteiger partial charge on any atom is -0.297 e. The van der Waals surface area contributed by atoms with Gasteiger partial charge in [0, 0.05) is 12.6 Å². The van der Waals surface area contributed by atoms with Gasteiger partial charge in [-0.2, -0.15) is 0 Å². The van der Waals surface area contributed by atoms with Gasteiger partial charge >= 0.3 is 0 Å². The van der Waals surface area contributed by atoms with Crippen molar-refractivity contribution in [3.05, 3.63) is 12.2 Å². The summed E-state index contributed by atoms with van der Waals surface area (Å²) in [7, 11) is 0. The summed E-state index contributed by atoms with van der Waals surface area (Å²) in [6.07, 6.45) is 14.8. The topological polar surface area (TPSA) is 3.24 Å². The van der Waals surface area contributed by atoms with Crippen LogP contribution in [0.2, 0.25) is 0 Å². The lowest BCUT2D eigenvalue weighted by atomic mass is 9.89. The zero-order valence-corrected chi connectivity index (χ0v) is 10.1. The molecule has 1 heterocycles. The molecular weight excluding hydrogens is 182 g/mol. The first-order chi connectivity index (χ1) is 7.40. The highest BCUT2D eigenvalue weighted by atomic mass is 15.2. The molecular formula is C14H25N. The summed E-state index contributed by atoms with van der Waals surface area (Å²) in [5, 5.41) is 0. The van der Waals surface area contributed by atoms with E-state index in [-0.39, 0.29) is 0 Å². The summed E-state index contributed by atoms with van der Waals surface area (Å²) >= 11 is 0. The molecule has 0 aromatic rings. The molecule has 1 heteroatoms. The lowest BCUT2D eigenvalue weighted by Crippen LogP contribution is -2.33. The van der Waals surface area contributed by atoms with Crippen molar-refractivity contribution in [1.82, 2.24) is 4.90 Å². The van der Waals surface area contributed by atoms with Crippen molar-refractivity contribution >= 4 is 0 Å². The van der Waals surface area contributed by atoms with E-state index in [1.54, 1.807) is 0 Å². The van der Waals surface area contributed by atoms with E-state index in [0.29, 0.717) is 0 Å². The fourth-order valence-electron chi connectivity index (χ4n) is 3.22. The predicted molar refractivity (Wildman–Crippen MR) is 66.0 cm³/mol. The van der Waals surface area contributed by atoms with E-state index >= 15 is 0 Å². The van der Waals surface area contributed by atoms with Gasteiger partial charge in [0.25, 0.3) is 0 Å². The second-order valence-electron chi connectivity index (χ2n) is 5.23. The maximum absolute atomic E-state index is 2.72. The minimum absolute atomic E-state index is 0.761. The number of likely N-dealkylation sites (tertiary alicyclic amines) is 1. The van der Waals surface area contributed by atoms with Gasteiger partial charge in [-0.25, -0.2) is 0 Å². The highest BCUT2D eigenvalue weighted by molar-refractivity contribution is 4.96. The number of nitrogens with zero attached hydrogens (tertiary/aromatic N) is 1. The van der Waals surface area contributed by atoms with Gasteiger partial charge in [-0.1, -0.05) is 31.4 Å². The van der Waals surface area contributed by atoms with E-state index in [0.717, 1.165) is 12.0 Å². The molecule has 0 aromatic carbocycles. The molecule has 0 radical (unpaired) electrons. The highest BCUT2D eigenvalue weighted by Crippen LogP contribution is 2.27. The lowest BCUT2D eigenvalue weighted by molar-refractivity contribution is 0.208. The molecule has 0 amide bonds. The molecule has 1 aliphatic heterocycles. The largest absolute Gasteiger partial charge is 0.297 e. The summed E-state index contributed by atoms with van der Waals surface area (Å²) in [5.41, 5.74) is 0. The molecule has 0 N–H and O–H groups in total. The Morgan fingerprint density at radius 2 is 1.87 bits per heavy atom. The molecule has 15 heavy (non-hydrogen) atoms. The van der Waals surface area contributed by atoms with Gasteiger partial charge in [0.05, 0.1) is 0 Å². The second kappa shape index (κ2) is 5.69. The summed E-state index contributed by atoms with van der Waals surface area (Å²) < 4.78 is 0. The summed E-state index contributed by atoms with van der Waals surface area (Å²) in [6, 6.07) is 0.761. The van der Waals surface area contributed by atoms with Crippen molar-refractivity contribution < 1.29 is 0 Å². The van der Waals surface area contributed by atoms with Gasteiger partial charge in [-0.05, 0) is 45.1 Å².